The fourth-order valence-corrected chi connectivity index (χ4v) is 4.45. The smallest absolute Gasteiger partial charge is 0.252 e. The van der Waals surface area contributed by atoms with Crippen molar-refractivity contribution in [3.63, 3.8) is 0 Å². The van der Waals surface area contributed by atoms with Gasteiger partial charge in [-0.2, -0.15) is 0 Å². The molecule has 0 aromatic heterocycles. The van der Waals surface area contributed by atoms with E-state index in [1.165, 1.54) is 44.9 Å². The molecule has 5 N–H and O–H groups in total. The van der Waals surface area contributed by atoms with Gasteiger partial charge >= 0.3 is 0 Å². The van der Waals surface area contributed by atoms with Crippen molar-refractivity contribution in [2.24, 2.45) is 22.4 Å². The average molecular weight is 441 g/mol. The molecular weight excluding hydrogens is 400 g/mol. The molecule has 0 atom stereocenters. The number of carbonyl (C=O) groups excluding carboxylic acids is 1. The summed E-state index contributed by atoms with van der Waals surface area (Å²) in [5.41, 5.74) is 15.2. The first-order valence-electron chi connectivity index (χ1n) is 11.9. The quantitative estimate of drug-likeness (QED) is 0.408. The molecule has 1 amide bonds. The number of anilines is 1. The molecule has 1 fully saturated rings. The van der Waals surface area contributed by atoms with Gasteiger partial charge in [0.05, 0.1) is 17.9 Å². The van der Waals surface area contributed by atoms with Gasteiger partial charge in [-0.1, -0.05) is 51.9 Å². The first-order valence-corrected chi connectivity index (χ1v) is 11.9. The van der Waals surface area contributed by atoms with Gasteiger partial charge in [0.2, 0.25) is 0 Å². The summed E-state index contributed by atoms with van der Waals surface area (Å²) in [7, 11) is 1.62. The second kappa shape index (κ2) is 12.9. The summed E-state index contributed by atoms with van der Waals surface area (Å²) >= 11 is 0. The number of rotatable bonds is 7. The van der Waals surface area contributed by atoms with Crippen LogP contribution in [0.15, 0.2) is 40.0 Å². The van der Waals surface area contributed by atoms with E-state index in [4.69, 9.17) is 16.2 Å². The lowest BCUT2D eigenvalue weighted by atomic mass is 9.86. The molecule has 1 aromatic carbocycles. The van der Waals surface area contributed by atoms with Crippen molar-refractivity contribution in [2.75, 3.05) is 25.5 Å². The first-order chi connectivity index (χ1) is 15.4. The van der Waals surface area contributed by atoms with Gasteiger partial charge in [-0.25, -0.2) is 0 Å². The minimum absolute atomic E-state index is 0.259. The Balaban J connectivity index is 0.000000336. The lowest BCUT2D eigenvalue weighted by Gasteiger charge is -2.21. The third-order valence-corrected chi connectivity index (χ3v) is 5.96. The van der Waals surface area contributed by atoms with Gasteiger partial charge in [-0.15, -0.1) is 0 Å². The number of hydrogen-bond acceptors (Lipinski definition) is 5. The van der Waals surface area contributed by atoms with Crippen LogP contribution in [0.5, 0.6) is 5.75 Å². The number of allylic oxidation sites excluding steroid dienone is 1. The van der Waals surface area contributed by atoms with Crippen LogP contribution < -0.4 is 21.5 Å². The Labute approximate surface area is 193 Å². The summed E-state index contributed by atoms with van der Waals surface area (Å²) in [6, 6.07) is 5.82. The van der Waals surface area contributed by atoms with Crippen LogP contribution in [-0.4, -0.2) is 31.8 Å². The molecule has 6 nitrogen and oxygen atoms in total. The highest BCUT2D eigenvalue weighted by Crippen LogP contribution is 2.29. The van der Waals surface area contributed by atoms with Gasteiger partial charge in [-0.3, -0.25) is 9.79 Å². The maximum Gasteiger partial charge on any atom is 0.252 e. The van der Waals surface area contributed by atoms with E-state index >= 15 is 0 Å². The predicted molar refractivity (Wildman–Crippen MR) is 135 cm³/mol. The number of nitrogens with zero attached hydrogens (tertiary/aromatic N) is 1. The molecule has 0 saturated heterocycles. The molecule has 0 spiro atoms. The first kappa shape index (κ1) is 25.5. The van der Waals surface area contributed by atoms with Crippen LogP contribution in [0.1, 0.15) is 71.3 Å². The minimum atomic E-state index is -0.580. The van der Waals surface area contributed by atoms with Crippen LogP contribution in [0.25, 0.3) is 6.08 Å². The molecule has 176 valence electrons. The molecule has 0 radical (unpaired) electrons. The number of primary amides is 1. The topological polar surface area (TPSA) is 103 Å². The third kappa shape index (κ3) is 7.14. The van der Waals surface area contributed by atoms with Gasteiger partial charge in [0.25, 0.3) is 5.91 Å². The Morgan fingerprint density at radius 2 is 1.91 bits per heavy atom. The van der Waals surface area contributed by atoms with Crippen molar-refractivity contribution in [3.8, 4) is 5.75 Å². The molecule has 1 aliphatic carbocycles. The summed E-state index contributed by atoms with van der Waals surface area (Å²) in [4.78, 5) is 15.9. The van der Waals surface area contributed by atoms with Crippen molar-refractivity contribution >= 4 is 23.4 Å². The summed E-state index contributed by atoms with van der Waals surface area (Å²) in [5.74, 6) is 1.34. The Kier molecular flexibility index (Phi) is 10.3. The standard InChI is InChI=1S/C17H22N4O2.C9H18/c1-4-23-13-6-5-11-7-12(9-21-14(11)8-13)16(20-3)15(10(2)18)17(19)22;1-2-6-9-7-4-3-5-8-9/h5-8,21H,4,9,18H2,1-3H3,(H2,19,22);9H,2-8H2,1H3/b15-10-,20-16?;. The van der Waals surface area contributed by atoms with Crippen LogP contribution in [0, 0.1) is 5.92 Å². The van der Waals surface area contributed by atoms with E-state index in [0.29, 0.717) is 24.6 Å². The Morgan fingerprint density at radius 3 is 2.47 bits per heavy atom. The largest absolute Gasteiger partial charge is 0.494 e. The van der Waals surface area contributed by atoms with Crippen molar-refractivity contribution in [2.45, 2.75) is 65.7 Å². The minimum Gasteiger partial charge on any atom is -0.494 e. The predicted octanol–water partition coefficient (Wildman–Crippen LogP) is 5.05. The van der Waals surface area contributed by atoms with E-state index in [2.05, 4.69) is 17.2 Å². The number of ether oxygens (including phenoxy) is 1. The number of benzene rings is 1. The number of amides is 1. The fraction of sp³-hybridized carbons (Fsp3) is 0.538. The zero-order chi connectivity index (χ0) is 23.5. The summed E-state index contributed by atoms with van der Waals surface area (Å²) in [6.45, 7) is 7.04. The molecule has 1 aromatic rings. The SMILES string of the molecule is CCCC1CCCCC1.CCOc1ccc2c(c1)NCC(C(=NC)/C(C(N)=O)=C(\C)N)=C2. The molecule has 0 unspecified atom stereocenters. The molecule has 32 heavy (non-hydrogen) atoms. The van der Waals surface area contributed by atoms with Gasteiger partial charge in [0.15, 0.2) is 0 Å². The fourth-order valence-electron chi connectivity index (χ4n) is 4.45. The Hall–Kier alpha value is -2.76. The van der Waals surface area contributed by atoms with E-state index in [1.54, 1.807) is 14.0 Å². The van der Waals surface area contributed by atoms with E-state index in [1.807, 2.05) is 31.2 Å². The molecule has 6 heteroatoms. The summed E-state index contributed by atoms with van der Waals surface area (Å²) in [6.07, 6.45) is 12.4. The summed E-state index contributed by atoms with van der Waals surface area (Å²) < 4.78 is 5.50. The van der Waals surface area contributed by atoms with Crippen molar-refractivity contribution < 1.29 is 9.53 Å². The van der Waals surface area contributed by atoms with Gasteiger partial charge < -0.3 is 21.5 Å². The van der Waals surface area contributed by atoms with Crippen molar-refractivity contribution in [3.05, 3.63) is 40.6 Å². The lowest BCUT2D eigenvalue weighted by molar-refractivity contribution is -0.114. The number of aliphatic imine (C=N–C) groups is 1. The number of nitrogens with one attached hydrogen (secondary N) is 1. The van der Waals surface area contributed by atoms with Gasteiger partial charge in [0.1, 0.15) is 5.75 Å². The van der Waals surface area contributed by atoms with E-state index < -0.39 is 5.91 Å². The monoisotopic (exact) mass is 440 g/mol. The highest BCUT2D eigenvalue weighted by molar-refractivity contribution is 6.29. The lowest BCUT2D eigenvalue weighted by Crippen LogP contribution is -2.28. The number of carbonyl (C=O) groups is 1. The molecular formula is C26H40N4O2. The number of nitrogens with two attached hydrogens (primary N) is 2. The highest BCUT2D eigenvalue weighted by Gasteiger charge is 2.22. The van der Waals surface area contributed by atoms with Crippen LogP contribution in [0.4, 0.5) is 5.69 Å². The molecule has 1 aliphatic heterocycles. The van der Waals surface area contributed by atoms with Crippen molar-refractivity contribution in [1.82, 2.24) is 0 Å². The normalized spacial score (nSPS) is 17.1. The summed E-state index contributed by atoms with van der Waals surface area (Å²) in [5, 5.41) is 3.31. The Morgan fingerprint density at radius 1 is 1.19 bits per heavy atom. The number of fused-ring (bicyclic) bond motifs is 1. The molecule has 1 saturated carbocycles. The second-order valence-corrected chi connectivity index (χ2v) is 8.49. The average Bonchev–Trinajstić information content (AvgIpc) is 2.78. The molecule has 1 heterocycles. The maximum absolute atomic E-state index is 11.7. The van der Waals surface area contributed by atoms with Crippen molar-refractivity contribution in [1.29, 1.82) is 0 Å². The van der Waals surface area contributed by atoms with Crippen LogP contribution in [0.3, 0.4) is 0 Å². The molecule has 2 aliphatic rings. The highest BCUT2D eigenvalue weighted by atomic mass is 16.5. The maximum atomic E-state index is 11.7. The zero-order valence-corrected chi connectivity index (χ0v) is 20.2. The number of hydrogen-bond donors (Lipinski definition) is 3. The van der Waals surface area contributed by atoms with E-state index in [9.17, 15) is 4.79 Å². The second-order valence-electron chi connectivity index (χ2n) is 8.49. The zero-order valence-electron chi connectivity index (χ0n) is 20.2. The van der Waals surface area contributed by atoms with Crippen LogP contribution >= 0.6 is 0 Å². The molecule has 3 rings (SSSR count). The molecule has 0 bridgehead atoms. The van der Waals surface area contributed by atoms with E-state index in [0.717, 1.165) is 28.5 Å². The van der Waals surface area contributed by atoms with E-state index in [-0.39, 0.29) is 5.57 Å². The third-order valence-electron chi connectivity index (χ3n) is 5.96. The van der Waals surface area contributed by atoms with Gasteiger partial charge in [0, 0.05) is 31.0 Å². The van der Waals surface area contributed by atoms with Crippen LogP contribution in [0.2, 0.25) is 0 Å². The van der Waals surface area contributed by atoms with Gasteiger partial charge in [-0.05, 0) is 49.1 Å². The Bertz CT molecular complexity index is 858. The van der Waals surface area contributed by atoms with Crippen LogP contribution in [-0.2, 0) is 4.79 Å².